The van der Waals surface area contributed by atoms with E-state index in [0.717, 1.165) is 10.9 Å². The summed E-state index contributed by atoms with van der Waals surface area (Å²) in [5.41, 5.74) is 1.81. The minimum Gasteiger partial charge on any atom is -0.384 e. The van der Waals surface area contributed by atoms with Crippen molar-refractivity contribution >= 4 is 32.5 Å². The second-order valence-electron chi connectivity index (χ2n) is 10.3. The van der Waals surface area contributed by atoms with Crippen LogP contribution >= 0.6 is 11.6 Å². The highest BCUT2D eigenvalue weighted by Crippen LogP contribution is 2.46. The summed E-state index contributed by atoms with van der Waals surface area (Å²) in [5, 5.41) is 13.2. The standard InChI is InChI=1S/C26H31ClFN3O3S/c1-15-10-18(20-4-7-29-25-23(20)21(27)12-30-25)11-22(28)24(15)26(32)16(2)13-31(14-17(26)3)19-5-8-35(33,34)9-6-19/h4,7,10-12,16-17,19,32H,5-6,8-9,13-14H2,1-3H3,(H,29,30)/t16-,17+,26-. The van der Waals surface area contributed by atoms with Crippen molar-refractivity contribution < 1.29 is 17.9 Å². The Labute approximate surface area is 210 Å². The van der Waals surface area contributed by atoms with Crippen LogP contribution in [0.3, 0.4) is 0 Å². The molecule has 0 radical (unpaired) electrons. The van der Waals surface area contributed by atoms with Crippen LogP contribution in [0.4, 0.5) is 4.39 Å². The van der Waals surface area contributed by atoms with Crippen molar-refractivity contribution in [2.75, 3.05) is 24.6 Å². The quantitative estimate of drug-likeness (QED) is 0.524. The van der Waals surface area contributed by atoms with Crippen molar-refractivity contribution in [3.8, 4) is 11.1 Å². The molecule has 2 aromatic heterocycles. The topological polar surface area (TPSA) is 86.3 Å². The lowest BCUT2D eigenvalue weighted by atomic mass is 9.68. The van der Waals surface area contributed by atoms with Gasteiger partial charge in [-0.2, -0.15) is 0 Å². The number of aliphatic hydroxyl groups is 1. The minimum atomic E-state index is -2.94. The molecule has 2 aliphatic rings. The molecule has 0 saturated carbocycles. The maximum Gasteiger partial charge on any atom is 0.150 e. The van der Waals surface area contributed by atoms with Crippen molar-refractivity contribution in [2.45, 2.75) is 45.3 Å². The summed E-state index contributed by atoms with van der Waals surface area (Å²) in [7, 11) is -2.94. The first kappa shape index (κ1) is 24.7. The Morgan fingerprint density at radius 3 is 2.49 bits per heavy atom. The first-order valence-corrected chi connectivity index (χ1v) is 14.3. The average Bonchev–Trinajstić information content (AvgIpc) is 3.18. The van der Waals surface area contributed by atoms with E-state index in [0.29, 0.717) is 53.3 Å². The van der Waals surface area contributed by atoms with Gasteiger partial charge >= 0.3 is 0 Å². The molecule has 0 bridgehead atoms. The zero-order valence-corrected chi connectivity index (χ0v) is 21.8. The molecule has 6 nitrogen and oxygen atoms in total. The number of aromatic amines is 1. The van der Waals surface area contributed by atoms with Crippen LogP contribution in [0.5, 0.6) is 0 Å². The van der Waals surface area contributed by atoms with E-state index >= 15 is 4.39 Å². The predicted octanol–water partition coefficient (Wildman–Crippen LogP) is 4.68. The Hall–Kier alpha value is -2.00. The smallest absolute Gasteiger partial charge is 0.150 e. The molecular weight excluding hydrogens is 489 g/mol. The van der Waals surface area contributed by atoms with Gasteiger partial charge in [-0.05, 0) is 48.6 Å². The normalized spacial score (nSPS) is 27.9. The molecule has 3 atom stereocenters. The first-order valence-electron chi connectivity index (χ1n) is 12.1. The molecular formula is C26H31ClFN3O3S. The number of aryl methyl sites for hydroxylation is 1. The largest absolute Gasteiger partial charge is 0.384 e. The van der Waals surface area contributed by atoms with Gasteiger partial charge in [0.2, 0.25) is 0 Å². The van der Waals surface area contributed by atoms with Crippen LogP contribution in [0.15, 0.2) is 30.6 Å². The Kier molecular flexibility index (Phi) is 6.23. The molecule has 2 fully saturated rings. The maximum absolute atomic E-state index is 15.8. The summed E-state index contributed by atoms with van der Waals surface area (Å²) >= 11 is 6.37. The first-order chi connectivity index (χ1) is 16.5. The van der Waals surface area contributed by atoms with Gasteiger partial charge in [0.1, 0.15) is 26.9 Å². The highest BCUT2D eigenvalue weighted by atomic mass is 35.5. The summed E-state index contributed by atoms with van der Waals surface area (Å²) in [4.78, 5) is 9.62. The highest BCUT2D eigenvalue weighted by molar-refractivity contribution is 7.91. The third-order valence-corrected chi connectivity index (χ3v) is 10.1. The summed E-state index contributed by atoms with van der Waals surface area (Å²) in [6.45, 7) is 6.95. The molecule has 0 amide bonds. The number of aromatic nitrogens is 2. The van der Waals surface area contributed by atoms with E-state index in [-0.39, 0.29) is 29.4 Å². The van der Waals surface area contributed by atoms with Gasteiger partial charge in [0.25, 0.3) is 0 Å². The molecule has 1 aromatic carbocycles. The Bertz CT molecular complexity index is 1340. The van der Waals surface area contributed by atoms with Crippen molar-refractivity contribution in [1.82, 2.24) is 14.9 Å². The zero-order valence-electron chi connectivity index (χ0n) is 20.2. The van der Waals surface area contributed by atoms with Crippen molar-refractivity contribution in [3.05, 3.63) is 52.6 Å². The molecule has 3 aromatic rings. The lowest BCUT2D eigenvalue weighted by molar-refractivity contribution is -0.122. The van der Waals surface area contributed by atoms with E-state index in [2.05, 4.69) is 14.9 Å². The number of piperidine rings is 1. The molecule has 0 spiro atoms. The molecule has 0 unspecified atom stereocenters. The number of halogens is 2. The molecule has 9 heteroatoms. The Morgan fingerprint density at radius 1 is 1.20 bits per heavy atom. The Balaban J connectivity index is 1.47. The van der Waals surface area contributed by atoms with Crippen molar-refractivity contribution in [3.63, 3.8) is 0 Å². The molecule has 35 heavy (non-hydrogen) atoms. The molecule has 2 N–H and O–H groups in total. The molecule has 4 heterocycles. The summed E-state index contributed by atoms with van der Waals surface area (Å²) in [6.07, 6.45) is 4.56. The molecule has 0 aliphatic carbocycles. The minimum absolute atomic E-state index is 0.182. The Morgan fingerprint density at radius 2 is 1.86 bits per heavy atom. The van der Waals surface area contributed by atoms with Crippen LogP contribution in [-0.4, -0.2) is 59.0 Å². The van der Waals surface area contributed by atoms with Crippen LogP contribution in [-0.2, 0) is 15.4 Å². The van der Waals surface area contributed by atoms with Crippen LogP contribution in [0.25, 0.3) is 22.2 Å². The van der Waals surface area contributed by atoms with Gasteiger partial charge in [0, 0.05) is 54.3 Å². The van der Waals surface area contributed by atoms with Crippen molar-refractivity contribution in [1.29, 1.82) is 0 Å². The number of fused-ring (bicyclic) bond motifs is 1. The maximum atomic E-state index is 15.8. The summed E-state index contributed by atoms with van der Waals surface area (Å²) < 4.78 is 39.6. The number of hydrogen-bond donors (Lipinski definition) is 2. The number of benzene rings is 1. The monoisotopic (exact) mass is 519 g/mol. The van der Waals surface area contributed by atoms with Gasteiger partial charge in [-0.15, -0.1) is 0 Å². The van der Waals surface area contributed by atoms with E-state index in [1.54, 1.807) is 12.4 Å². The molecule has 2 saturated heterocycles. The van der Waals surface area contributed by atoms with Crippen LogP contribution in [0, 0.1) is 24.6 Å². The van der Waals surface area contributed by atoms with Gasteiger partial charge in [0.05, 0.1) is 16.5 Å². The van der Waals surface area contributed by atoms with Gasteiger partial charge in [-0.3, -0.25) is 4.90 Å². The fourth-order valence-corrected chi connectivity index (χ4v) is 7.95. The predicted molar refractivity (Wildman–Crippen MR) is 137 cm³/mol. The lowest BCUT2D eigenvalue weighted by Gasteiger charge is -2.51. The van der Waals surface area contributed by atoms with E-state index in [1.807, 2.05) is 32.9 Å². The van der Waals surface area contributed by atoms with Gasteiger partial charge < -0.3 is 10.1 Å². The van der Waals surface area contributed by atoms with Crippen LogP contribution < -0.4 is 0 Å². The number of hydrogen-bond acceptors (Lipinski definition) is 5. The van der Waals surface area contributed by atoms with E-state index in [4.69, 9.17) is 11.6 Å². The van der Waals surface area contributed by atoms with Gasteiger partial charge in [-0.1, -0.05) is 31.5 Å². The number of pyridine rings is 1. The average molecular weight is 520 g/mol. The van der Waals surface area contributed by atoms with E-state index in [9.17, 15) is 13.5 Å². The molecule has 5 rings (SSSR count). The van der Waals surface area contributed by atoms with Crippen LogP contribution in [0.1, 0.15) is 37.8 Å². The number of H-pyrrole nitrogens is 1. The summed E-state index contributed by atoms with van der Waals surface area (Å²) in [6, 6.07) is 5.39. The number of nitrogens with zero attached hydrogens (tertiary/aromatic N) is 2. The summed E-state index contributed by atoms with van der Waals surface area (Å²) in [5.74, 6) is -0.464. The number of nitrogens with one attached hydrogen (secondary N) is 1. The van der Waals surface area contributed by atoms with Gasteiger partial charge in [0.15, 0.2) is 0 Å². The second-order valence-corrected chi connectivity index (χ2v) is 13.0. The SMILES string of the molecule is Cc1cc(-c2ccnc3[nH]cc(Cl)c23)cc(F)c1[C@@]1(O)[C@H](C)CN(C2CCS(=O)(=O)CC2)C[C@@H]1C. The van der Waals surface area contributed by atoms with E-state index < -0.39 is 21.3 Å². The fraction of sp³-hybridized carbons (Fsp3) is 0.500. The zero-order chi connectivity index (χ0) is 25.1. The van der Waals surface area contributed by atoms with E-state index in [1.165, 1.54) is 6.07 Å². The molecule has 188 valence electrons. The second kappa shape index (κ2) is 8.83. The van der Waals surface area contributed by atoms with Gasteiger partial charge in [-0.25, -0.2) is 17.8 Å². The third-order valence-electron chi connectivity index (χ3n) is 8.08. The highest BCUT2D eigenvalue weighted by Gasteiger charge is 2.49. The fourth-order valence-electron chi connectivity index (χ4n) is 6.24. The third kappa shape index (κ3) is 4.18. The lowest BCUT2D eigenvalue weighted by Crippen LogP contribution is -2.58. The number of likely N-dealkylation sites (tertiary alicyclic amines) is 1. The number of rotatable bonds is 3. The van der Waals surface area contributed by atoms with Crippen molar-refractivity contribution in [2.24, 2.45) is 11.8 Å². The molecule has 2 aliphatic heterocycles. The van der Waals surface area contributed by atoms with Crippen LogP contribution in [0.2, 0.25) is 5.02 Å². The number of sulfone groups is 1.